The van der Waals surface area contributed by atoms with Gasteiger partial charge in [-0.25, -0.2) is 4.39 Å². The van der Waals surface area contributed by atoms with Crippen LogP contribution in [-0.4, -0.2) is 55.5 Å². The number of ether oxygens (including phenoxy) is 1. The number of unbranched alkanes of at least 4 members (excludes halogenated alkanes) is 1. The number of halogens is 2. The van der Waals surface area contributed by atoms with Crippen molar-refractivity contribution in [3.05, 3.63) is 65.5 Å². The van der Waals surface area contributed by atoms with Crippen molar-refractivity contribution in [3.8, 4) is 5.75 Å². The van der Waals surface area contributed by atoms with Gasteiger partial charge < -0.3 is 15.4 Å². The SMILES string of the molecule is CN=C(NCCCCN1C(=O)c2ccccc2C1=O)NCC(C)Oc1cccc(F)c1.I. The highest BCUT2D eigenvalue weighted by Gasteiger charge is 2.34. The molecule has 2 amide bonds. The van der Waals surface area contributed by atoms with Crippen LogP contribution >= 0.6 is 24.0 Å². The summed E-state index contributed by atoms with van der Waals surface area (Å²) in [4.78, 5) is 30.2. The number of imide groups is 1. The van der Waals surface area contributed by atoms with Gasteiger partial charge in [0.05, 0.1) is 17.7 Å². The van der Waals surface area contributed by atoms with E-state index < -0.39 is 0 Å². The predicted octanol–water partition coefficient (Wildman–Crippen LogP) is 3.45. The lowest BCUT2D eigenvalue weighted by molar-refractivity contribution is 0.0652. The number of benzene rings is 2. The van der Waals surface area contributed by atoms with Crippen molar-refractivity contribution in [1.29, 1.82) is 0 Å². The van der Waals surface area contributed by atoms with E-state index in [1.807, 2.05) is 6.92 Å². The second kappa shape index (κ2) is 12.4. The number of hydrogen-bond acceptors (Lipinski definition) is 4. The molecule has 0 saturated carbocycles. The van der Waals surface area contributed by atoms with Crippen LogP contribution in [0.25, 0.3) is 0 Å². The third kappa shape index (κ3) is 6.65. The number of rotatable bonds is 9. The predicted molar refractivity (Wildman–Crippen MR) is 132 cm³/mol. The molecule has 2 aromatic rings. The Bertz CT molecular complexity index is 935. The van der Waals surface area contributed by atoms with Gasteiger partial charge in [-0.2, -0.15) is 0 Å². The van der Waals surface area contributed by atoms with E-state index >= 15 is 0 Å². The summed E-state index contributed by atoms with van der Waals surface area (Å²) in [5, 5.41) is 6.36. The van der Waals surface area contributed by atoms with E-state index in [9.17, 15) is 14.0 Å². The number of aliphatic imine (C=N–C) groups is 1. The first-order valence-corrected chi connectivity index (χ1v) is 10.3. The maximum absolute atomic E-state index is 13.2. The highest BCUT2D eigenvalue weighted by Crippen LogP contribution is 2.22. The second-order valence-electron chi connectivity index (χ2n) is 7.28. The smallest absolute Gasteiger partial charge is 0.261 e. The maximum atomic E-state index is 13.2. The van der Waals surface area contributed by atoms with E-state index in [2.05, 4.69) is 15.6 Å². The Labute approximate surface area is 204 Å². The fourth-order valence-electron chi connectivity index (χ4n) is 3.32. The van der Waals surface area contributed by atoms with E-state index in [1.165, 1.54) is 17.0 Å². The quantitative estimate of drug-likeness (QED) is 0.163. The summed E-state index contributed by atoms with van der Waals surface area (Å²) in [6.45, 7) is 3.40. The third-order valence-electron chi connectivity index (χ3n) is 4.89. The molecule has 0 bridgehead atoms. The van der Waals surface area contributed by atoms with Gasteiger partial charge in [-0.15, -0.1) is 24.0 Å². The molecule has 7 nitrogen and oxygen atoms in total. The normalized spacial score (nSPS) is 14.0. The van der Waals surface area contributed by atoms with Gasteiger partial charge in [0.15, 0.2) is 5.96 Å². The van der Waals surface area contributed by atoms with E-state index in [0.717, 1.165) is 6.42 Å². The minimum atomic E-state index is -0.337. The summed E-state index contributed by atoms with van der Waals surface area (Å²) in [7, 11) is 1.67. The summed E-state index contributed by atoms with van der Waals surface area (Å²) >= 11 is 0. The minimum absolute atomic E-state index is 0. The Morgan fingerprint density at radius 1 is 1.06 bits per heavy atom. The number of nitrogens with zero attached hydrogens (tertiary/aromatic N) is 2. The second-order valence-corrected chi connectivity index (χ2v) is 7.28. The summed E-state index contributed by atoms with van der Waals surface area (Å²) < 4.78 is 18.9. The van der Waals surface area contributed by atoms with Gasteiger partial charge in [-0.1, -0.05) is 18.2 Å². The first kappa shape index (κ1) is 25.6. The van der Waals surface area contributed by atoms with Crippen molar-refractivity contribution in [1.82, 2.24) is 15.5 Å². The number of nitrogens with one attached hydrogen (secondary N) is 2. The minimum Gasteiger partial charge on any atom is -0.489 e. The van der Waals surface area contributed by atoms with Crippen molar-refractivity contribution in [2.75, 3.05) is 26.7 Å². The molecule has 2 N–H and O–H groups in total. The van der Waals surface area contributed by atoms with E-state index in [0.29, 0.717) is 48.9 Å². The van der Waals surface area contributed by atoms with Gasteiger partial charge in [-0.05, 0) is 44.0 Å². The lowest BCUT2D eigenvalue weighted by atomic mass is 10.1. The van der Waals surface area contributed by atoms with E-state index in [4.69, 9.17) is 4.74 Å². The van der Waals surface area contributed by atoms with Crippen LogP contribution in [0.2, 0.25) is 0 Å². The van der Waals surface area contributed by atoms with Crippen LogP contribution in [0, 0.1) is 5.82 Å². The molecule has 0 aromatic heterocycles. The maximum Gasteiger partial charge on any atom is 0.261 e. The molecule has 3 rings (SSSR count). The highest BCUT2D eigenvalue weighted by atomic mass is 127. The first-order chi connectivity index (χ1) is 15.0. The lowest BCUT2D eigenvalue weighted by Gasteiger charge is -2.18. The summed E-state index contributed by atoms with van der Waals surface area (Å²) in [5.41, 5.74) is 0.953. The molecule has 0 aliphatic carbocycles. The molecular formula is C23H28FIN4O3. The van der Waals surface area contributed by atoms with E-state index in [-0.39, 0.29) is 47.7 Å². The standard InChI is InChI=1S/C23H27FN4O3.HI/c1-16(31-18-9-7-8-17(24)14-18)15-27-23(25-2)26-12-5-6-13-28-21(29)19-10-3-4-11-20(19)22(28)30;/h3-4,7-11,14,16H,5-6,12-13,15H2,1-2H3,(H2,25,26,27);1H. The van der Waals surface area contributed by atoms with Gasteiger partial charge >= 0.3 is 0 Å². The Kier molecular flexibility index (Phi) is 9.89. The Morgan fingerprint density at radius 3 is 2.38 bits per heavy atom. The molecule has 9 heteroatoms. The molecule has 0 saturated heterocycles. The Morgan fingerprint density at radius 2 is 1.75 bits per heavy atom. The van der Waals surface area contributed by atoms with Crippen LogP contribution < -0.4 is 15.4 Å². The van der Waals surface area contributed by atoms with E-state index in [1.54, 1.807) is 43.4 Å². The van der Waals surface area contributed by atoms with Crippen LogP contribution in [0.4, 0.5) is 4.39 Å². The molecule has 0 radical (unpaired) electrons. The molecule has 0 spiro atoms. The first-order valence-electron chi connectivity index (χ1n) is 10.3. The van der Waals surface area contributed by atoms with Crippen LogP contribution in [0.1, 0.15) is 40.5 Å². The zero-order valence-corrected chi connectivity index (χ0v) is 20.5. The number of carbonyl (C=O) groups is 2. The monoisotopic (exact) mass is 554 g/mol. The molecule has 1 unspecified atom stereocenters. The summed E-state index contributed by atoms with van der Waals surface area (Å²) in [5.74, 6) is 0.314. The molecule has 1 aliphatic heterocycles. The number of carbonyl (C=O) groups excluding carboxylic acids is 2. The fraction of sp³-hybridized carbons (Fsp3) is 0.348. The van der Waals surface area contributed by atoms with Crippen molar-refractivity contribution >= 4 is 41.8 Å². The zero-order chi connectivity index (χ0) is 22.2. The van der Waals surface area contributed by atoms with Crippen LogP contribution in [0.5, 0.6) is 5.75 Å². The van der Waals surface area contributed by atoms with Crippen molar-refractivity contribution in [2.24, 2.45) is 4.99 Å². The Balaban J connectivity index is 0.00000363. The highest BCUT2D eigenvalue weighted by molar-refractivity contribution is 14.0. The fourth-order valence-corrected chi connectivity index (χ4v) is 3.32. The van der Waals surface area contributed by atoms with Gasteiger partial charge in [0, 0.05) is 26.2 Å². The number of amides is 2. The number of guanidine groups is 1. The molecule has 32 heavy (non-hydrogen) atoms. The lowest BCUT2D eigenvalue weighted by Crippen LogP contribution is -2.42. The third-order valence-corrected chi connectivity index (χ3v) is 4.89. The molecular weight excluding hydrogens is 526 g/mol. The van der Waals surface area contributed by atoms with Crippen molar-refractivity contribution in [3.63, 3.8) is 0 Å². The molecule has 2 aromatic carbocycles. The Hall–Kier alpha value is -2.69. The van der Waals surface area contributed by atoms with Gasteiger partial charge in [-0.3, -0.25) is 19.5 Å². The van der Waals surface area contributed by atoms with Crippen LogP contribution in [-0.2, 0) is 0 Å². The van der Waals surface area contributed by atoms with Gasteiger partial charge in [0.2, 0.25) is 0 Å². The van der Waals surface area contributed by atoms with Gasteiger partial charge in [0.1, 0.15) is 17.7 Å². The van der Waals surface area contributed by atoms with Gasteiger partial charge in [0.25, 0.3) is 11.8 Å². The largest absolute Gasteiger partial charge is 0.489 e. The molecule has 172 valence electrons. The number of hydrogen-bond donors (Lipinski definition) is 2. The van der Waals surface area contributed by atoms with Crippen LogP contribution in [0.15, 0.2) is 53.5 Å². The molecule has 1 heterocycles. The molecule has 1 atom stereocenters. The van der Waals surface area contributed by atoms with Crippen molar-refractivity contribution in [2.45, 2.75) is 25.9 Å². The van der Waals surface area contributed by atoms with Crippen LogP contribution in [0.3, 0.4) is 0 Å². The molecule has 0 fully saturated rings. The number of fused-ring (bicyclic) bond motifs is 1. The zero-order valence-electron chi connectivity index (χ0n) is 18.1. The van der Waals surface area contributed by atoms with Crippen molar-refractivity contribution < 1.29 is 18.7 Å². The average Bonchev–Trinajstić information content (AvgIpc) is 3.00. The molecule has 1 aliphatic rings. The summed E-state index contributed by atoms with van der Waals surface area (Å²) in [6, 6.07) is 12.9. The summed E-state index contributed by atoms with van der Waals surface area (Å²) in [6.07, 6.45) is 1.27. The topological polar surface area (TPSA) is 83.0 Å². The average molecular weight is 554 g/mol.